The summed E-state index contributed by atoms with van der Waals surface area (Å²) in [5.74, 6) is 0. The Balaban J connectivity index is 1.71. The van der Waals surface area contributed by atoms with Gasteiger partial charge in [-0.2, -0.15) is 0 Å². The van der Waals surface area contributed by atoms with Gasteiger partial charge in [-0.3, -0.25) is 4.90 Å². The van der Waals surface area contributed by atoms with Crippen LogP contribution in [0.5, 0.6) is 0 Å². The normalized spacial score (nSPS) is 19.0. The van der Waals surface area contributed by atoms with Gasteiger partial charge in [0.05, 0.1) is 12.7 Å². The van der Waals surface area contributed by atoms with Crippen molar-refractivity contribution in [3.05, 3.63) is 35.9 Å². The maximum Gasteiger partial charge on any atom is 0.0810 e. The summed E-state index contributed by atoms with van der Waals surface area (Å²) in [5, 5.41) is 0. The monoisotopic (exact) mass is 219 g/mol. The molecule has 1 atom stereocenters. The molecule has 88 valence electrons. The van der Waals surface area contributed by atoms with Gasteiger partial charge in [-0.25, -0.2) is 0 Å². The predicted octanol–water partition coefficient (Wildman–Crippen LogP) is 2.69. The zero-order valence-electron chi connectivity index (χ0n) is 10.1. The van der Waals surface area contributed by atoms with Gasteiger partial charge in [0.2, 0.25) is 0 Å². The number of hydrogen-bond acceptors (Lipinski definition) is 2. The molecule has 1 aromatic carbocycles. The molecule has 1 heterocycles. The Morgan fingerprint density at radius 1 is 1.31 bits per heavy atom. The summed E-state index contributed by atoms with van der Waals surface area (Å²) in [4.78, 5) is 2.50. The van der Waals surface area contributed by atoms with Crippen molar-refractivity contribution < 1.29 is 4.74 Å². The molecule has 1 aliphatic rings. The smallest absolute Gasteiger partial charge is 0.0810 e. The maximum atomic E-state index is 5.22. The third-order valence-electron chi connectivity index (χ3n) is 3.10. The van der Waals surface area contributed by atoms with Gasteiger partial charge in [0.15, 0.2) is 0 Å². The van der Waals surface area contributed by atoms with Crippen LogP contribution in [-0.4, -0.2) is 30.7 Å². The van der Waals surface area contributed by atoms with Crippen molar-refractivity contribution in [3.8, 4) is 0 Å². The van der Waals surface area contributed by atoms with Gasteiger partial charge in [-0.05, 0) is 31.5 Å². The van der Waals surface area contributed by atoms with Gasteiger partial charge in [0, 0.05) is 6.54 Å². The molecule has 0 N–H and O–H groups in total. The van der Waals surface area contributed by atoms with Crippen LogP contribution in [0.25, 0.3) is 0 Å². The minimum absolute atomic E-state index is 0.579. The molecule has 16 heavy (non-hydrogen) atoms. The Bertz CT molecular complexity index is 295. The molecule has 2 heteroatoms. The van der Waals surface area contributed by atoms with Crippen molar-refractivity contribution in [1.82, 2.24) is 4.90 Å². The quantitative estimate of drug-likeness (QED) is 0.655. The van der Waals surface area contributed by atoms with Crippen LogP contribution in [0, 0.1) is 0 Å². The molecule has 2 nitrogen and oxygen atoms in total. The topological polar surface area (TPSA) is 15.8 Å². The third kappa shape index (κ3) is 3.95. The molecule has 1 saturated heterocycles. The maximum absolute atomic E-state index is 5.22. The minimum Gasteiger partial charge on any atom is -0.373 e. The number of hydrogen-bond donors (Lipinski definition) is 0. The first-order valence-electron chi connectivity index (χ1n) is 6.26. The second-order valence-electron chi connectivity index (χ2n) is 4.45. The minimum atomic E-state index is 0.579. The van der Waals surface area contributed by atoms with E-state index in [9.17, 15) is 0 Å². The number of rotatable bonds is 7. The Morgan fingerprint density at radius 3 is 2.69 bits per heavy atom. The van der Waals surface area contributed by atoms with Crippen LogP contribution >= 0.6 is 0 Å². The lowest BCUT2D eigenvalue weighted by Gasteiger charge is -2.20. The molecule has 1 fully saturated rings. The molecule has 0 aromatic heterocycles. The summed E-state index contributed by atoms with van der Waals surface area (Å²) in [6, 6.07) is 10.7. The van der Waals surface area contributed by atoms with E-state index in [4.69, 9.17) is 4.74 Å². The molecule has 0 amide bonds. The van der Waals surface area contributed by atoms with Crippen LogP contribution in [0.15, 0.2) is 30.3 Å². The van der Waals surface area contributed by atoms with Crippen LogP contribution < -0.4 is 0 Å². The van der Waals surface area contributed by atoms with Gasteiger partial charge in [0.25, 0.3) is 0 Å². The highest BCUT2D eigenvalue weighted by atomic mass is 16.6. The van der Waals surface area contributed by atoms with Crippen LogP contribution in [0.3, 0.4) is 0 Å². The highest BCUT2D eigenvalue weighted by Gasteiger charge is 2.21. The first kappa shape index (κ1) is 11.6. The lowest BCUT2D eigenvalue weighted by atomic mass is 10.2. The van der Waals surface area contributed by atoms with Crippen LogP contribution in [0.1, 0.15) is 25.3 Å². The van der Waals surface area contributed by atoms with Crippen LogP contribution in [0.2, 0.25) is 0 Å². The zero-order valence-corrected chi connectivity index (χ0v) is 10.1. The van der Waals surface area contributed by atoms with Crippen molar-refractivity contribution in [1.29, 1.82) is 0 Å². The SMILES string of the molecule is CCN(CCCC1CO1)Cc1ccccc1. The zero-order chi connectivity index (χ0) is 11.2. The first-order chi connectivity index (χ1) is 7.88. The van der Waals surface area contributed by atoms with E-state index in [0.29, 0.717) is 6.10 Å². The van der Waals surface area contributed by atoms with E-state index in [2.05, 4.69) is 42.2 Å². The lowest BCUT2D eigenvalue weighted by Crippen LogP contribution is -2.24. The van der Waals surface area contributed by atoms with Crippen molar-refractivity contribution in [2.45, 2.75) is 32.4 Å². The number of benzene rings is 1. The van der Waals surface area contributed by atoms with E-state index in [0.717, 1.165) is 19.7 Å². The Morgan fingerprint density at radius 2 is 2.06 bits per heavy atom. The van der Waals surface area contributed by atoms with Crippen molar-refractivity contribution in [2.24, 2.45) is 0 Å². The molecule has 0 bridgehead atoms. The van der Waals surface area contributed by atoms with E-state index < -0.39 is 0 Å². The largest absolute Gasteiger partial charge is 0.373 e. The second-order valence-corrected chi connectivity index (χ2v) is 4.45. The Kier molecular flexibility index (Phi) is 4.37. The fourth-order valence-corrected chi connectivity index (χ4v) is 1.97. The first-order valence-corrected chi connectivity index (χ1v) is 6.26. The van der Waals surface area contributed by atoms with Gasteiger partial charge in [-0.1, -0.05) is 37.3 Å². The second kappa shape index (κ2) is 6.02. The molecule has 1 aromatic rings. The van der Waals surface area contributed by atoms with E-state index in [1.54, 1.807) is 0 Å². The predicted molar refractivity (Wildman–Crippen MR) is 66.4 cm³/mol. The van der Waals surface area contributed by atoms with Crippen molar-refractivity contribution in [3.63, 3.8) is 0 Å². The summed E-state index contributed by atoms with van der Waals surface area (Å²) < 4.78 is 5.22. The van der Waals surface area contributed by atoms with E-state index in [1.165, 1.54) is 24.9 Å². The lowest BCUT2D eigenvalue weighted by molar-refractivity contribution is 0.267. The summed E-state index contributed by atoms with van der Waals surface area (Å²) in [5.41, 5.74) is 1.41. The molecule has 0 aliphatic carbocycles. The van der Waals surface area contributed by atoms with Gasteiger partial charge >= 0.3 is 0 Å². The summed E-state index contributed by atoms with van der Waals surface area (Å²) >= 11 is 0. The molecule has 0 radical (unpaired) electrons. The highest BCUT2D eigenvalue weighted by Crippen LogP contribution is 2.16. The fraction of sp³-hybridized carbons (Fsp3) is 0.571. The number of ether oxygens (including phenoxy) is 1. The summed E-state index contributed by atoms with van der Waals surface area (Å²) in [6.07, 6.45) is 3.06. The van der Waals surface area contributed by atoms with Crippen LogP contribution in [-0.2, 0) is 11.3 Å². The van der Waals surface area contributed by atoms with Gasteiger partial charge in [0.1, 0.15) is 0 Å². The molecular formula is C14H21NO. The third-order valence-corrected chi connectivity index (χ3v) is 3.10. The highest BCUT2D eigenvalue weighted by molar-refractivity contribution is 5.14. The van der Waals surface area contributed by atoms with Gasteiger partial charge in [-0.15, -0.1) is 0 Å². The van der Waals surface area contributed by atoms with Crippen molar-refractivity contribution >= 4 is 0 Å². The van der Waals surface area contributed by atoms with E-state index in [-0.39, 0.29) is 0 Å². The van der Waals surface area contributed by atoms with E-state index in [1.807, 2.05) is 0 Å². The van der Waals surface area contributed by atoms with Crippen LogP contribution in [0.4, 0.5) is 0 Å². The molecule has 1 unspecified atom stereocenters. The fourth-order valence-electron chi connectivity index (χ4n) is 1.97. The molecular weight excluding hydrogens is 198 g/mol. The average molecular weight is 219 g/mol. The molecule has 2 rings (SSSR count). The summed E-state index contributed by atoms with van der Waals surface area (Å²) in [6.45, 7) is 6.61. The molecule has 0 spiro atoms. The molecule has 1 aliphatic heterocycles. The Hall–Kier alpha value is -0.860. The average Bonchev–Trinajstić information content (AvgIpc) is 3.13. The van der Waals surface area contributed by atoms with Gasteiger partial charge < -0.3 is 4.74 Å². The van der Waals surface area contributed by atoms with E-state index >= 15 is 0 Å². The Labute approximate surface area is 98.2 Å². The standard InChI is InChI=1S/C14H21NO/c1-2-15(10-6-9-14-12-16-14)11-13-7-4-3-5-8-13/h3-5,7-8,14H,2,6,9-12H2,1H3. The number of epoxide rings is 1. The molecule has 0 saturated carbocycles. The van der Waals surface area contributed by atoms with Crippen molar-refractivity contribution in [2.75, 3.05) is 19.7 Å². The number of nitrogens with zero attached hydrogens (tertiary/aromatic N) is 1. The summed E-state index contributed by atoms with van der Waals surface area (Å²) in [7, 11) is 0.